The van der Waals surface area contributed by atoms with Gasteiger partial charge in [-0.15, -0.1) is 0 Å². The fourth-order valence-electron chi connectivity index (χ4n) is 1.49. The second-order valence-corrected chi connectivity index (χ2v) is 4.23. The van der Waals surface area contributed by atoms with Crippen LogP contribution >= 0.6 is 11.8 Å². The predicted octanol–water partition coefficient (Wildman–Crippen LogP) is 0.854. The average molecular weight is 175 g/mol. The van der Waals surface area contributed by atoms with Crippen LogP contribution in [-0.2, 0) is 0 Å². The van der Waals surface area contributed by atoms with E-state index in [1.807, 2.05) is 11.8 Å². The maximum atomic E-state index is 9.85. The zero-order valence-electron chi connectivity index (χ0n) is 7.10. The first kappa shape index (κ1) is 9.36. The van der Waals surface area contributed by atoms with E-state index in [0.717, 1.165) is 32.4 Å². The molecule has 0 amide bonds. The largest absolute Gasteiger partial charge is 0.389 e. The molecule has 2 nitrogen and oxygen atoms in total. The molecule has 1 rings (SSSR count). The first-order chi connectivity index (χ1) is 5.27. The van der Waals surface area contributed by atoms with Gasteiger partial charge in [-0.3, -0.25) is 0 Å². The fourth-order valence-corrected chi connectivity index (χ4v) is 1.92. The van der Waals surface area contributed by atoms with E-state index >= 15 is 0 Å². The van der Waals surface area contributed by atoms with Gasteiger partial charge in [-0.2, -0.15) is 11.8 Å². The third-order valence-corrected chi connectivity index (χ3v) is 2.91. The van der Waals surface area contributed by atoms with Gasteiger partial charge < -0.3 is 10.4 Å². The Balaban J connectivity index is 2.13. The topological polar surface area (TPSA) is 32.3 Å². The molecule has 1 aliphatic rings. The molecule has 0 aromatic heterocycles. The molecule has 3 heteroatoms. The van der Waals surface area contributed by atoms with Gasteiger partial charge >= 0.3 is 0 Å². The maximum absolute atomic E-state index is 9.85. The van der Waals surface area contributed by atoms with Crippen LogP contribution in [0.4, 0.5) is 0 Å². The lowest BCUT2D eigenvalue weighted by Gasteiger charge is -2.20. The zero-order valence-corrected chi connectivity index (χ0v) is 7.91. The second kappa shape index (κ2) is 4.33. The molecule has 0 saturated carbocycles. The summed E-state index contributed by atoms with van der Waals surface area (Å²) in [6, 6.07) is 0. The summed E-state index contributed by atoms with van der Waals surface area (Å²) < 4.78 is 0. The van der Waals surface area contributed by atoms with Crippen molar-refractivity contribution >= 4 is 11.8 Å². The van der Waals surface area contributed by atoms with Gasteiger partial charge in [-0.25, -0.2) is 0 Å². The third kappa shape index (κ3) is 3.01. The van der Waals surface area contributed by atoms with E-state index in [9.17, 15) is 5.11 Å². The summed E-state index contributed by atoms with van der Waals surface area (Å²) >= 11 is 1.85. The first-order valence-electron chi connectivity index (χ1n) is 4.19. The molecule has 1 aliphatic heterocycles. The molecule has 1 atom stereocenters. The van der Waals surface area contributed by atoms with E-state index in [-0.39, 0.29) is 5.60 Å². The van der Waals surface area contributed by atoms with E-state index in [2.05, 4.69) is 11.6 Å². The number of hydrogen-bond donors (Lipinski definition) is 2. The number of β-amino-alcohol motifs (C(OH)–C–C–N with tert-alkyl or cyclic N) is 1. The summed E-state index contributed by atoms with van der Waals surface area (Å²) in [5.41, 5.74) is -0.379. The van der Waals surface area contributed by atoms with Crippen LogP contribution in [0.3, 0.4) is 0 Å². The van der Waals surface area contributed by atoms with Crippen LogP contribution in [0.25, 0.3) is 0 Å². The van der Waals surface area contributed by atoms with Crippen LogP contribution < -0.4 is 5.32 Å². The van der Waals surface area contributed by atoms with E-state index in [4.69, 9.17) is 0 Å². The second-order valence-electron chi connectivity index (χ2n) is 3.25. The molecule has 0 spiro atoms. The minimum atomic E-state index is -0.379. The number of hydrogen-bond acceptors (Lipinski definition) is 3. The lowest BCUT2D eigenvalue weighted by molar-refractivity contribution is 0.0519. The average Bonchev–Trinajstić information content (AvgIpc) is 2.38. The Morgan fingerprint density at radius 2 is 2.45 bits per heavy atom. The lowest BCUT2D eigenvalue weighted by atomic mass is 9.98. The highest BCUT2D eigenvalue weighted by atomic mass is 32.2. The highest BCUT2D eigenvalue weighted by molar-refractivity contribution is 7.98. The maximum Gasteiger partial charge on any atom is 0.0783 e. The third-order valence-electron chi connectivity index (χ3n) is 2.21. The van der Waals surface area contributed by atoms with Crippen molar-refractivity contribution in [2.24, 2.45) is 0 Å². The summed E-state index contributed by atoms with van der Waals surface area (Å²) in [6.07, 6.45) is 5.14. The Morgan fingerprint density at radius 3 is 3.00 bits per heavy atom. The Bertz CT molecular complexity index is 113. The molecular weight excluding hydrogens is 158 g/mol. The van der Waals surface area contributed by atoms with E-state index in [0.29, 0.717) is 0 Å². The van der Waals surface area contributed by atoms with Crippen molar-refractivity contribution in [2.75, 3.05) is 25.1 Å². The van der Waals surface area contributed by atoms with Gasteiger partial charge in [-0.05, 0) is 37.8 Å². The molecule has 0 bridgehead atoms. The Labute approximate surface area is 72.8 Å². The van der Waals surface area contributed by atoms with Crippen molar-refractivity contribution in [3.05, 3.63) is 0 Å². The Hall–Kier alpha value is 0.270. The van der Waals surface area contributed by atoms with Gasteiger partial charge in [0.25, 0.3) is 0 Å². The first-order valence-corrected chi connectivity index (χ1v) is 5.58. The van der Waals surface area contributed by atoms with Gasteiger partial charge in [0, 0.05) is 6.54 Å². The number of thioether (sulfide) groups is 1. The van der Waals surface area contributed by atoms with Gasteiger partial charge in [0.2, 0.25) is 0 Å². The summed E-state index contributed by atoms with van der Waals surface area (Å²) in [6.45, 7) is 1.77. The molecule has 1 saturated heterocycles. The monoisotopic (exact) mass is 175 g/mol. The van der Waals surface area contributed by atoms with E-state index in [1.165, 1.54) is 5.75 Å². The van der Waals surface area contributed by atoms with Crippen LogP contribution in [0.2, 0.25) is 0 Å². The molecule has 0 aromatic carbocycles. The number of rotatable bonds is 4. The van der Waals surface area contributed by atoms with Crippen LogP contribution in [0.15, 0.2) is 0 Å². The predicted molar refractivity (Wildman–Crippen MR) is 50.1 cm³/mol. The highest BCUT2D eigenvalue weighted by Gasteiger charge is 2.29. The molecule has 2 N–H and O–H groups in total. The van der Waals surface area contributed by atoms with Crippen LogP contribution in [-0.4, -0.2) is 35.8 Å². The normalized spacial score (nSPS) is 31.1. The summed E-state index contributed by atoms with van der Waals surface area (Å²) in [5, 5.41) is 13.0. The lowest BCUT2D eigenvalue weighted by Crippen LogP contribution is -2.31. The van der Waals surface area contributed by atoms with Gasteiger partial charge in [-0.1, -0.05) is 0 Å². The smallest absolute Gasteiger partial charge is 0.0783 e. The standard InChI is InChI=1S/C8H17NOS/c1-11-6-2-3-8(10)4-5-9-7-8/h9-10H,2-7H2,1H3. The molecule has 1 heterocycles. The summed E-state index contributed by atoms with van der Waals surface area (Å²) in [7, 11) is 0. The Kier molecular flexibility index (Phi) is 3.69. The molecule has 1 unspecified atom stereocenters. The van der Waals surface area contributed by atoms with Gasteiger partial charge in [0.1, 0.15) is 0 Å². The minimum Gasteiger partial charge on any atom is -0.389 e. The summed E-state index contributed by atoms with van der Waals surface area (Å²) in [5.74, 6) is 1.17. The Morgan fingerprint density at radius 1 is 1.64 bits per heavy atom. The van der Waals surface area contributed by atoms with Crippen molar-refractivity contribution in [2.45, 2.75) is 24.9 Å². The quantitative estimate of drug-likeness (QED) is 0.621. The number of nitrogens with one attached hydrogen (secondary N) is 1. The van der Waals surface area contributed by atoms with Crippen molar-refractivity contribution in [1.82, 2.24) is 5.32 Å². The SMILES string of the molecule is CSCCCC1(O)CCNC1. The van der Waals surface area contributed by atoms with Crippen molar-refractivity contribution < 1.29 is 5.11 Å². The van der Waals surface area contributed by atoms with Crippen molar-refractivity contribution in [3.63, 3.8) is 0 Å². The molecule has 1 fully saturated rings. The highest BCUT2D eigenvalue weighted by Crippen LogP contribution is 2.20. The molecule has 66 valence electrons. The van der Waals surface area contributed by atoms with Crippen molar-refractivity contribution in [3.8, 4) is 0 Å². The van der Waals surface area contributed by atoms with Crippen LogP contribution in [0.5, 0.6) is 0 Å². The molecule has 0 aromatic rings. The number of aliphatic hydroxyl groups is 1. The van der Waals surface area contributed by atoms with Crippen LogP contribution in [0, 0.1) is 0 Å². The van der Waals surface area contributed by atoms with Crippen molar-refractivity contribution in [1.29, 1.82) is 0 Å². The fraction of sp³-hybridized carbons (Fsp3) is 1.00. The van der Waals surface area contributed by atoms with Gasteiger partial charge in [0.05, 0.1) is 5.60 Å². The minimum absolute atomic E-state index is 0.379. The summed E-state index contributed by atoms with van der Waals surface area (Å²) in [4.78, 5) is 0. The molecular formula is C8H17NOS. The van der Waals surface area contributed by atoms with E-state index in [1.54, 1.807) is 0 Å². The zero-order chi connectivity index (χ0) is 8.16. The molecule has 11 heavy (non-hydrogen) atoms. The molecule has 0 radical (unpaired) electrons. The van der Waals surface area contributed by atoms with E-state index < -0.39 is 0 Å². The van der Waals surface area contributed by atoms with Crippen LogP contribution in [0.1, 0.15) is 19.3 Å². The molecule has 0 aliphatic carbocycles. The van der Waals surface area contributed by atoms with Gasteiger partial charge in [0.15, 0.2) is 0 Å².